The summed E-state index contributed by atoms with van der Waals surface area (Å²) < 4.78 is 49.1. The van der Waals surface area contributed by atoms with E-state index in [0.29, 0.717) is 26.1 Å². The molecular weight excluding hydrogens is 1030 g/mol. The summed E-state index contributed by atoms with van der Waals surface area (Å²) in [7, 11) is -4.30. The van der Waals surface area contributed by atoms with Crippen LogP contribution in [0.5, 0.6) is 11.5 Å². The number of fused-ring (bicyclic) bond motifs is 1. The minimum absolute atomic E-state index is 0.0988. The number of hydrogen-bond donors (Lipinski definition) is 1. The van der Waals surface area contributed by atoms with Gasteiger partial charge in [-0.15, -0.1) is 0 Å². The van der Waals surface area contributed by atoms with Crippen molar-refractivity contribution in [1.82, 2.24) is 0 Å². The van der Waals surface area contributed by atoms with E-state index in [0.717, 1.165) is 34.8 Å². The Labute approximate surface area is 271 Å². The Kier molecular flexibility index (Phi) is 9.71. The van der Waals surface area contributed by atoms with Gasteiger partial charge in [-0.25, -0.2) is 0 Å². The zero-order valence-electron chi connectivity index (χ0n) is 17.6. The van der Waals surface area contributed by atoms with E-state index in [2.05, 4.69) is 98.1 Å². The van der Waals surface area contributed by atoms with Crippen LogP contribution < -0.4 is 9.47 Å². The molecule has 0 fully saturated rings. The predicted molar refractivity (Wildman–Crippen MR) is 179 cm³/mol. The van der Waals surface area contributed by atoms with Gasteiger partial charge < -0.3 is 9.47 Å². The van der Waals surface area contributed by atoms with Crippen LogP contribution in [0.15, 0.2) is 65.6 Å². The maximum atomic E-state index is 11.6. The van der Waals surface area contributed by atoms with Crippen molar-refractivity contribution in [1.29, 1.82) is 0 Å². The Hall–Kier alpha value is 0.300. The fourth-order valence-corrected chi connectivity index (χ4v) is 11.4. The maximum absolute atomic E-state index is 11.6. The molecule has 5 nitrogen and oxygen atoms in total. The van der Waals surface area contributed by atoms with Gasteiger partial charge in [-0.05, 0) is 159 Å². The van der Waals surface area contributed by atoms with Gasteiger partial charge in [0.2, 0.25) is 0 Å². The number of benzene rings is 4. The normalized spacial score (nSPS) is 11.6. The number of hydrogen-bond acceptors (Lipinski definition) is 4. The summed E-state index contributed by atoms with van der Waals surface area (Å²) in [5.74, 6) is 1.42. The zero-order valence-corrected chi connectivity index (χ0v) is 29.2. The van der Waals surface area contributed by atoms with Crippen LogP contribution in [0.1, 0.15) is 11.1 Å². The van der Waals surface area contributed by atoms with Gasteiger partial charge in [0.05, 0.1) is 7.14 Å². The van der Waals surface area contributed by atoms with Gasteiger partial charge >= 0.3 is 0 Å². The monoisotopic (exact) mass is 1050 g/mol. The summed E-state index contributed by atoms with van der Waals surface area (Å²) in [5.41, 5.74) is 2.09. The third kappa shape index (κ3) is 6.85. The van der Waals surface area contributed by atoms with Gasteiger partial charge in [0.15, 0.2) is 0 Å². The van der Waals surface area contributed by atoms with Crippen LogP contribution in [0.2, 0.25) is 0 Å². The van der Waals surface area contributed by atoms with Crippen molar-refractivity contribution >= 4 is 134 Å². The Morgan fingerprint density at radius 2 is 1.17 bits per heavy atom. The first-order valence-electron chi connectivity index (χ1n) is 9.91. The van der Waals surface area contributed by atoms with Crippen molar-refractivity contribution in [2.24, 2.45) is 0 Å². The third-order valence-corrected chi connectivity index (χ3v) is 10.7. The topological polar surface area (TPSA) is 72.8 Å². The molecule has 4 rings (SSSR count). The molecule has 0 heterocycles. The van der Waals surface area contributed by atoms with Crippen molar-refractivity contribution in [3.8, 4) is 11.5 Å². The van der Waals surface area contributed by atoms with Gasteiger partial charge in [-0.1, -0.05) is 36.4 Å². The quantitative estimate of drug-likeness (QED) is 0.149. The predicted octanol–water partition coefficient (Wildman–Crippen LogP) is 8.27. The van der Waals surface area contributed by atoms with E-state index in [-0.39, 0.29) is 4.90 Å². The second kappa shape index (κ2) is 12.0. The lowest BCUT2D eigenvalue weighted by molar-refractivity contribution is 0.301. The Morgan fingerprint density at radius 3 is 1.66 bits per heavy atom. The van der Waals surface area contributed by atoms with Crippen LogP contribution in [0.4, 0.5) is 0 Å². The summed E-state index contributed by atoms with van der Waals surface area (Å²) in [6, 6.07) is 19.7. The Morgan fingerprint density at radius 1 is 0.686 bits per heavy atom. The molecule has 0 bridgehead atoms. The highest BCUT2D eigenvalue weighted by atomic mass is 127. The van der Waals surface area contributed by atoms with Crippen molar-refractivity contribution in [2.75, 3.05) is 0 Å². The maximum Gasteiger partial charge on any atom is 0.296 e. The van der Waals surface area contributed by atoms with Gasteiger partial charge in [0.1, 0.15) is 29.6 Å². The lowest BCUT2D eigenvalue weighted by Gasteiger charge is -2.15. The van der Waals surface area contributed by atoms with Gasteiger partial charge in [0.25, 0.3) is 10.1 Å². The fraction of sp³-hybridized carbons (Fsp3) is 0.0833. The minimum atomic E-state index is -4.30. The SMILES string of the molecule is O=S(=O)(O)c1c(I)cc(OCc2ccc(COc3c(I)cc(I)cc3I)c3ccccc23)cc1I. The first kappa shape index (κ1) is 28.3. The molecule has 0 unspecified atom stereocenters. The molecule has 0 saturated carbocycles. The molecule has 0 atom stereocenters. The number of rotatable bonds is 7. The first-order chi connectivity index (χ1) is 16.5. The van der Waals surface area contributed by atoms with E-state index in [1.165, 1.54) is 3.57 Å². The van der Waals surface area contributed by atoms with Gasteiger partial charge in [-0.3, -0.25) is 4.55 Å². The van der Waals surface area contributed by atoms with E-state index in [9.17, 15) is 13.0 Å². The van der Waals surface area contributed by atoms with E-state index in [1.54, 1.807) is 12.1 Å². The molecule has 0 aliphatic heterocycles. The Bertz CT molecular complexity index is 1490. The van der Waals surface area contributed by atoms with Crippen LogP contribution in [0, 0.1) is 17.9 Å². The van der Waals surface area contributed by atoms with E-state index in [1.807, 2.05) is 63.4 Å². The highest BCUT2D eigenvalue weighted by Gasteiger charge is 2.20. The Balaban J connectivity index is 1.58. The second-order valence-corrected chi connectivity index (χ2v) is 14.6. The molecule has 4 aromatic carbocycles. The van der Waals surface area contributed by atoms with Crippen molar-refractivity contribution in [3.63, 3.8) is 0 Å². The van der Waals surface area contributed by atoms with Gasteiger partial charge in [0, 0.05) is 10.7 Å². The van der Waals surface area contributed by atoms with Crippen LogP contribution in [0.25, 0.3) is 10.8 Å². The van der Waals surface area contributed by atoms with Crippen molar-refractivity contribution in [2.45, 2.75) is 18.1 Å². The molecular formula is C24H15I5O5S. The van der Waals surface area contributed by atoms with Gasteiger partial charge in [-0.2, -0.15) is 8.42 Å². The molecule has 0 aliphatic rings. The molecule has 4 aromatic rings. The van der Waals surface area contributed by atoms with Crippen LogP contribution in [0.3, 0.4) is 0 Å². The summed E-state index contributed by atoms with van der Waals surface area (Å²) in [5, 5.41) is 2.16. The van der Waals surface area contributed by atoms with E-state index in [4.69, 9.17) is 9.47 Å². The van der Waals surface area contributed by atoms with Crippen LogP contribution >= 0.6 is 113 Å². The molecule has 182 valence electrons. The summed E-state index contributed by atoms with van der Waals surface area (Å²) in [6.07, 6.45) is 0. The average molecular weight is 1050 g/mol. The molecule has 0 aliphatic carbocycles. The van der Waals surface area contributed by atoms with Crippen LogP contribution in [-0.4, -0.2) is 13.0 Å². The zero-order chi connectivity index (χ0) is 25.3. The number of ether oxygens (including phenoxy) is 2. The molecule has 35 heavy (non-hydrogen) atoms. The average Bonchev–Trinajstić information content (AvgIpc) is 2.76. The standard InChI is InChI=1S/C24H15I5O5S/c25-15-7-19(26)23(20(27)8-15)34-12-14-6-5-13(17-3-1-2-4-18(14)17)11-33-16-9-21(28)24(22(29)10-16)35(30,31)32/h1-10H,11-12H2,(H,30,31,32). The van der Waals surface area contributed by atoms with E-state index < -0.39 is 10.1 Å². The smallest absolute Gasteiger partial charge is 0.296 e. The molecule has 0 aromatic heterocycles. The molecule has 1 N–H and O–H groups in total. The summed E-state index contributed by atoms with van der Waals surface area (Å²) >= 11 is 10.7. The number of halogens is 5. The summed E-state index contributed by atoms with van der Waals surface area (Å²) in [6.45, 7) is 0.758. The first-order valence-corrected chi connectivity index (χ1v) is 16.7. The molecule has 0 radical (unpaired) electrons. The minimum Gasteiger partial charge on any atom is -0.489 e. The molecule has 11 heteroatoms. The fourth-order valence-electron chi connectivity index (χ4n) is 3.52. The highest BCUT2D eigenvalue weighted by molar-refractivity contribution is 14.1. The van der Waals surface area contributed by atoms with Crippen molar-refractivity contribution < 1.29 is 22.4 Å². The molecule has 0 saturated heterocycles. The largest absolute Gasteiger partial charge is 0.489 e. The van der Waals surface area contributed by atoms with Crippen LogP contribution in [-0.2, 0) is 23.3 Å². The molecule has 0 amide bonds. The van der Waals surface area contributed by atoms with Crippen molar-refractivity contribution in [3.05, 3.63) is 89.6 Å². The second-order valence-electron chi connectivity index (χ2n) is 7.40. The molecule has 0 spiro atoms. The third-order valence-electron chi connectivity index (χ3n) is 5.06. The summed E-state index contributed by atoms with van der Waals surface area (Å²) in [4.78, 5) is -0.0988. The highest BCUT2D eigenvalue weighted by Crippen LogP contribution is 2.33. The lowest BCUT2D eigenvalue weighted by Crippen LogP contribution is -2.05. The lowest BCUT2D eigenvalue weighted by atomic mass is 10.0. The van der Waals surface area contributed by atoms with E-state index >= 15 is 0 Å².